The van der Waals surface area contributed by atoms with E-state index in [-0.39, 0.29) is 0 Å². The van der Waals surface area contributed by atoms with Crippen LogP contribution in [-0.4, -0.2) is 15.9 Å². The van der Waals surface area contributed by atoms with E-state index in [1.807, 2.05) is 5.38 Å². The lowest BCUT2D eigenvalue weighted by molar-refractivity contribution is 0.0999. The summed E-state index contributed by atoms with van der Waals surface area (Å²) in [6, 6.07) is 3.38. The van der Waals surface area contributed by atoms with Gasteiger partial charge in [-0.3, -0.25) is 9.78 Å². The molecule has 0 saturated carbocycles. The molecule has 2 heterocycles. The van der Waals surface area contributed by atoms with Crippen molar-refractivity contribution in [1.82, 2.24) is 9.97 Å². The Morgan fingerprint density at radius 3 is 3.00 bits per heavy atom. The summed E-state index contributed by atoms with van der Waals surface area (Å²) in [5.41, 5.74) is 9.04. The van der Waals surface area contributed by atoms with E-state index in [1.165, 1.54) is 11.3 Å². The molecule has 0 bridgehead atoms. The number of carbonyl (C=O) groups excluding carboxylic acids is 1. The van der Waals surface area contributed by atoms with Gasteiger partial charge in [0, 0.05) is 18.0 Å². The molecule has 1 amide bonds. The minimum absolute atomic E-state index is 0.451. The zero-order valence-corrected chi connectivity index (χ0v) is 8.70. The quantitative estimate of drug-likeness (QED) is 0.844. The van der Waals surface area contributed by atoms with Crippen molar-refractivity contribution < 1.29 is 4.79 Å². The first-order valence-corrected chi connectivity index (χ1v) is 5.32. The minimum atomic E-state index is -0.451. The molecule has 0 atom stereocenters. The van der Waals surface area contributed by atoms with Gasteiger partial charge in [-0.2, -0.15) is 0 Å². The molecule has 15 heavy (non-hydrogen) atoms. The van der Waals surface area contributed by atoms with Crippen molar-refractivity contribution >= 4 is 17.2 Å². The number of thiazole rings is 1. The summed E-state index contributed by atoms with van der Waals surface area (Å²) in [7, 11) is 0. The summed E-state index contributed by atoms with van der Waals surface area (Å²) in [5, 5.41) is 1.93. The smallest absolute Gasteiger partial charge is 0.250 e. The van der Waals surface area contributed by atoms with Crippen molar-refractivity contribution in [3.05, 3.63) is 46.2 Å². The van der Waals surface area contributed by atoms with Crippen LogP contribution in [-0.2, 0) is 6.42 Å². The first-order chi connectivity index (χ1) is 7.27. The van der Waals surface area contributed by atoms with Crippen molar-refractivity contribution in [2.24, 2.45) is 5.73 Å². The molecule has 0 aromatic carbocycles. The van der Waals surface area contributed by atoms with Gasteiger partial charge in [0.15, 0.2) is 0 Å². The van der Waals surface area contributed by atoms with Gasteiger partial charge in [-0.25, -0.2) is 4.98 Å². The van der Waals surface area contributed by atoms with E-state index in [4.69, 9.17) is 5.73 Å². The number of hydrogen-bond donors (Lipinski definition) is 1. The minimum Gasteiger partial charge on any atom is -0.366 e. The van der Waals surface area contributed by atoms with Crippen LogP contribution in [0.15, 0.2) is 29.2 Å². The van der Waals surface area contributed by atoms with Gasteiger partial charge in [-0.05, 0) is 12.1 Å². The van der Waals surface area contributed by atoms with Gasteiger partial charge >= 0.3 is 0 Å². The molecule has 2 rings (SSSR count). The summed E-state index contributed by atoms with van der Waals surface area (Å²) >= 11 is 1.52. The molecular formula is C10H9N3OS. The molecule has 2 aromatic rings. The normalized spacial score (nSPS) is 10.1. The molecule has 0 saturated heterocycles. The van der Waals surface area contributed by atoms with Gasteiger partial charge in [-0.15, -0.1) is 11.3 Å². The van der Waals surface area contributed by atoms with E-state index in [1.54, 1.807) is 23.8 Å². The number of pyridine rings is 1. The van der Waals surface area contributed by atoms with Crippen LogP contribution in [0.1, 0.15) is 21.7 Å². The molecule has 76 valence electrons. The number of carbonyl (C=O) groups is 1. The van der Waals surface area contributed by atoms with E-state index in [0.29, 0.717) is 17.7 Å². The van der Waals surface area contributed by atoms with Crippen molar-refractivity contribution in [1.29, 1.82) is 0 Å². The first-order valence-electron chi connectivity index (χ1n) is 4.38. The third-order valence-electron chi connectivity index (χ3n) is 1.99. The first kappa shape index (κ1) is 9.79. The summed E-state index contributed by atoms with van der Waals surface area (Å²) in [4.78, 5) is 19.4. The van der Waals surface area contributed by atoms with Crippen LogP contribution < -0.4 is 5.73 Å². The van der Waals surface area contributed by atoms with Crippen LogP contribution in [0.3, 0.4) is 0 Å². The Morgan fingerprint density at radius 2 is 2.33 bits per heavy atom. The highest BCUT2D eigenvalue weighted by Gasteiger charge is 2.09. The average molecular weight is 219 g/mol. The highest BCUT2D eigenvalue weighted by molar-refractivity contribution is 7.07. The molecule has 2 N–H and O–H groups in total. The standard InChI is InChI=1S/C10H9N3OS/c11-10(14)8-2-1-3-12-9(8)4-7-5-15-6-13-7/h1-3,5-6H,4H2,(H2,11,14). The summed E-state index contributed by atoms with van der Waals surface area (Å²) in [5.74, 6) is -0.451. The highest BCUT2D eigenvalue weighted by atomic mass is 32.1. The van der Waals surface area contributed by atoms with Gasteiger partial charge < -0.3 is 5.73 Å². The Kier molecular flexibility index (Phi) is 2.73. The van der Waals surface area contributed by atoms with Gasteiger partial charge in [0.1, 0.15) is 0 Å². The van der Waals surface area contributed by atoms with Crippen molar-refractivity contribution in [3.8, 4) is 0 Å². The van der Waals surface area contributed by atoms with E-state index in [2.05, 4.69) is 9.97 Å². The Bertz CT molecular complexity index is 467. The number of nitrogens with zero attached hydrogens (tertiary/aromatic N) is 2. The zero-order chi connectivity index (χ0) is 10.7. The van der Waals surface area contributed by atoms with Crippen molar-refractivity contribution in [2.45, 2.75) is 6.42 Å². The summed E-state index contributed by atoms with van der Waals surface area (Å²) < 4.78 is 0. The SMILES string of the molecule is NC(=O)c1cccnc1Cc1cscn1. The maximum Gasteiger partial charge on any atom is 0.250 e. The van der Waals surface area contributed by atoms with Gasteiger partial charge in [-0.1, -0.05) is 0 Å². The molecule has 0 aliphatic heterocycles. The molecule has 5 heteroatoms. The molecule has 0 fully saturated rings. The van der Waals surface area contributed by atoms with Crippen LogP contribution in [0.25, 0.3) is 0 Å². The lowest BCUT2D eigenvalue weighted by Gasteiger charge is -2.02. The zero-order valence-electron chi connectivity index (χ0n) is 7.88. The van der Waals surface area contributed by atoms with Gasteiger partial charge in [0.2, 0.25) is 0 Å². The topological polar surface area (TPSA) is 68.9 Å². The second-order valence-corrected chi connectivity index (χ2v) is 3.74. The average Bonchev–Trinajstić information content (AvgIpc) is 2.71. The molecule has 2 aromatic heterocycles. The molecule has 4 nitrogen and oxygen atoms in total. The summed E-state index contributed by atoms with van der Waals surface area (Å²) in [6.07, 6.45) is 2.19. The van der Waals surface area contributed by atoms with Crippen LogP contribution in [0.5, 0.6) is 0 Å². The van der Waals surface area contributed by atoms with Crippen LogP contribution in [0.2, 0.25) is 0 Å². The largest absolute Gasteiger partial charge is 0.366 e. The van der Waals surface area contributed by atoms with Crippen LogP contribution in [0, 0.1) is 0 Å². The molecule has 0 unspecified atom stereocenters. The van der Waals surface area contributed by atoms with Gasteiger partial charge in [0.05, 0.1) is 22.5 Å². The molecule has 0 aliphatic rings. The predicted octanol–water partition coefficient (Wildman–Crippen LogP) is 1.23. The van der Waals surface area contributed by atoms with E-state index in [9.17, 15) is 4.79 Å². The number of hydrogen-bond acceptors (Lipinski definition) is 4. The number of primary amides is 1. The Labute approximate surface area is 90.8 Å². The Morgan fingerprint density at radius 1 is 1.47 bits per heavy atom. The fourth-order valence-corrected chi connectivity index (χ4v) is 1.86. The van der Waals surface area contributed by atoms with E-state index < -0.39 is 5.91 Å². The van der Waals surface area contributed by atoms with Crippen molar-refractivity contribution in [2.75, 3.05) is 0 Å². The lowest BCUT2D eigenvalue weighted by atomic mass is 10.1. The summed E-state index contributed by atoms with van der Waals surface area (Å²) in [6.45, 7) is 0. The maximum absolute atomic E-state index is 11.1. The van der Waals surface area contributed by atoms with Crippen LogP contribution in [0.4, 0.5) is 0 Å². The number of nitrogens with two attached hydrogens (primary N) is 1. The second kappa shape index (κ2) is 4.18. The Hall–Kier alpha value is -1.75. The van der Waals surface area contributed by atoms with Crippen LogP contribution >= 0.6 is 11.3 Å². The van der Waals surface area contributed by atoms with Crippen molar-refractivity contribution in [3.63, 3.8) is 0 Å². The maximum atomic E-state index is 11.1. The fraction of sp³-hybridized carbons (Fsp3) is 0.100. The number of rotatable bonds is 3. The third kappa shape index (κ3) is 2.19. The lowest BCUT2D eigenvalue weighted by Crippen LogP contribution is -2.14. The van der Waals surface area contributed by atoms with E-state index >= 15 is 0 Å². The molecule has 0 radical (unpaired) electrons. The second-order valence-electron chi connectivity index (χ2n) is 3.02. The monoisotopic (exact) mass is 219 g/mol. The molecule has 0 aliphatic carbocycles. The molecule has 0 spiro atoms. The Balaban J connectivity index is 2.32. The molecular weight excluding hydrogens is 210 g/mol. The van der Waals surface area contributed by atoms with Gasteiger partial charge in [0.25, 0.3) is 5.91 Å². The fourth-order valence-electron chi connectivity index (χ4n) is 1.30. The highest BCUT2D eigenvalue weighted by Crippen LogP contribution is 2.11. The predicted molar refractivity (Wildman–Crippen MR) is 57.7 cm³/mol. The number of aromatic nitrogens is 2. The number of amides is 1. The van der Waals surface area contributed by atoms with E-state index in [0.717, 1.165) is 5.69 Å². The third-order valence-corrected chi connectivity index (χ3v) is 2.62.